The number of rotatable bonds is 6. The SMILES string of the molecule is O=C(CSc1nnc(Cc2ccccc2)o1)Nc1ccc(Cl)cc1Cl. The normalized spacial score (nSPS) is 10.6. The van der Waals surface area contributed by atoms with Gasteiger partial charge in [0.05, 0.1) is 22.9 Å². The summed E-state index contributed by atoms with van der Waals surface area (Å²) in [6.45, 7) is 0. The third-order valence-corrected chi connectivity index (χ3v) is 4.54. The summed E-state index contributed by atoms with van der Waals surface area (Å²) in [5.41, 5.74) is 1.59. The van der Waals surface area contributed by atoms with E-state index < -0.39 is 0 Å². The third-order valence-electron chi connectivity index (χ3n) is 3.18. The van der Waals surface area contributed by atoms with E-state index in [1.165, 1.54) is 11.8 Å². The fourth-order valence-corrected chi connectivity index (χ4v) is 3.08. The highest BCUT2D eigenvalue weighted by Crippen LogP contribution is 2.26. The van der Waals surface area contributed by atoms with Crippen LogP contribution in [0.15, 0.2) is 58.2 Å². The van der Waals surface area contributed by atoms with Crippen molar-refractivity contribution in [3.05, 3.63) is 70.0 Å². The highest BCUT2D eigenvalue weighted by atomic mass is 35.5. The molecular weight excluding hydrogens is 381 g/mol. The lowest BCUT2D eigenvalue weighted by atomic mass is 10.2. The van der Waals surface area contributed by atoms with Crippen LogP contribution in [0.4, 0.5) is 5.69 Å². The highest BCUT2D eigenvalue weighted by molar-refractivity contribution is 7.99. The Hall–Kier alpha value is -2.02. The zero-order chi connectivity index (χ0) is 17.6. The standard InChI is InChI=1S/C17H13Cl2N3O2S/c18-12-6-7-14(13(19)9-12)20-15(23)10-25-17-22-21-16(24-17)8-11-4-2-1-3-5-11/h1-7,9H,8,10H2,(H,20,23). The second kappa shape index (κ2) is 8.38. The number of carbonyl (C=O) groups excluding carboxylic acids is 1. The minimum Gasteiger partial charge on any atom is -0.416 e. The molecule has 25 heavy (non-hydrogen) atoms. The fraction of sp³-hybridized carbons (Fsp3) is 0.118. The van der Waals surface area contributed by atoms with Gasteiger partial charge >= 0.3 is 0 Å². The Morgan fingerprint density at radius 3 is 2.68 bits per heavy atom. The number of anilines is 1. The molecule has 0 fully saturated rings. The highest BCUT2D eigenvalue weighted by Gasteiger charge is 2.11. The molecule has 0 saturated carbocycles. The fourth-order valence-electron chi connectivity index (χ4n) is 2.04. The van der Waals surface area contributed by atoms with Crippen molar-refractivity contribution in [2.75, 3.05) is 11.1 Å². The molecule has 0 atom stereocenters. The Morgan fingerprint density at radius 2 is 1.92 bits per heavy atom. The van der Waals surface area contributed by atoms with E-state index in [1.807, 2.05) is 30.3 Å². The number of hydrogen-bond donors (Lipinski definition) is 1. The molecular formula is C17H13Cl2N3O2S. The number of halogens is 2. The lowest BCUT2D eigenvalue weighted by molar-refractivity contribution is -0.113. The Kier molecular flexibility index (Phi) is 5.96. The van der Waals surface area contributed by atoms with Gasteiger partial charge in [0.25, 0.3) is 5.22 Å². The first-order chi connectivity index (χ1) is 12.1. The number of nitrogens with one attached hydrogen (secondary N) is 1. The van der Waals surface area contributed by atoms with Crippen molar-refractivity contribution in [3.63, 3.8) is 0 Å². The predicted octanol–water partition coefficient (Wildman–Crippen LogP) is 4.70. The molecule has 8 heteroatoms. The van der Waals surface area contributed by atoms with Crippen LogP contribution < -0.4 is 5.32 Å². The maximum Gasteiger partial charge on any atom is 0.277 e. The molecule has 0 aliphatic heterocycles. The van der Waals surface area contributed by atoms with Crippen molar-refractivity contribution in [1.29, 1.82) is 0 Å². The second-order valence-corrected chi connectivity index (χ2v) is 6.86. The quantitative estimate of drug-likeness (QED) is 0.614. The average Bonchev–Trinajstić information content (AvgIpc) is 3.04. The maximum atomic E-state index is 12.0. The van der Waals surface area contributed by atoms with Gasteiger partial charge in [-0.2, -0.15) is 0 Å². The molecule has 0 aliphatic rings. The van der Waals surface area contributed by atoms with Crippen LogP contribution in [0.5, 0.6) is 0 Å². The van der Waals surface area contributed by atoms with Crippen LogP contribution in [0.3, 0.4) is 0 Å². The number of thioether (sulfide) groups is 1. The van der Waals surface area contributed by atoms with E-state index in [4.69, 9.17) is 27.6 Å². The van der Waals surface area contributed by atoms with Gasteiger partial charge in [-0.05, 0) is 23.8 Å². The van der Waals surface area contributed by atoms with Gasteiger partial charge in [-0.15, -0.1) is 10.2 Å². The molecule has 0 radical (unpaired) electrons. The van der Waals surface area contributed by atoms with Gasteiger partial charge in [0.1, 0.15) is 0 Å². The Labute approximate surface area is 158 Å². The summed E-state index contributed by atoms with van der Waals surface area (Å²) in [6, 6.07) is 14.7. The number of amides is 1. The summed E-state index contributed by atoms with van der Waals surface area (Å²) in [5, 5.41) is 11.9. The molecule has 5 nitrogen and oxygen atoms in total. The second-order valence-electron chi connectivity index (χ2n) is 5.09. The van der Waals surface area contributed by atoms with E-state index in [0.717, 1.165) is 5.56 Å². The summed E-state index contributed by atoms with van der Waals surface area (Å²) in [4.78, 5) is 12.0. The van der Waals surface area contributed by atoms with Crippen LogP contribution in [0.2, 0.25) is 10.0 Å². The monoisotopic (exact) mass is 393 g/mol. The van der Waals surface area contributed by atoms with Crippen LogP contribution in [0.1, 0.15) is 11.5 Å². The van der Waals surface area contributed by atoms with Gasteiger partial charge in [-0.25, -0.2) is 0 Å². The zero-order valence-electron chi connectivity index (χ0n) is 12.9. The van der Waals surface area contributed by atoms with Crippen molar-refractivity contribution in [3.8, 4) is 0 Å². The molecule has 1 amide bonds. The Morgan fingerprint density at radius 1 is 1.12 bits per heavy atom. The van der Waals surface area contributed by atoms with E-state index in [0.29, 0.717) is 33.3 Å². The smallest absolute Gasteiger partial charge is 0.277 e. The Bertz CT molecular complexity index is 871. The van der Waals surface area contributed by atoms with Gasteiger partial charge in [0.15, 0.2) is 0 Å². The molecule has 1 N–H and O–H groups in total. The van der Waals surface area contributed by atoms with Crippen molar-refractivity contribution in [2.24, 2.45) is 0 Å². The average molecular weight is 394 g/mol. The summed E-state index contributed by atoms with van der Waals surface area (Å²) >= 11 is 13.0. The lowest BCUT2D eigenvalue weighted by Crippen LogP contribution is -2.14. The van der Waals surface area contributed by atoms with Crippen LogP contribution in [-0.4, -0.2) is 21.9 Å². The van der Waals surface area contributed by atoms with Gasteiger partial charge in [0, 0.05) is 5.02 Å². The Balaban J connectivity index is 1.52. The molecule has 3 aromatic rings. The molecule has 1 aromatic heterocycles. The summed E-state index contributed by atoms with van der Waals surface area (Å²) in [7, 11) is 0. The first-order valence-corrected chi connectivity index (χ1v) is 9.08. The van der Waals surface area contributed by atoms with Gasteiger partial charge in [0.2, 0.25) is 11.8 Å². The van der Waals surface area contributed by atoms with Crippen LogP contribution in [0, 0.1) is 0 Å². The third kappa shape index (κ3) is 5.22. The lowest BCUT2D eigenvalue weighted by Gasteiger charge is -2.06. The van der Waals surface area contributed by atoms with Crippen LogP contribution in [-0.2, 0) is 11.2 Å². The maximum absolute atomic E-state index is 12.0. The molecule has 0 unspecified atom stereocenters. The van der Waals surface area contributed by atoms with E-state index >= 15 is 0 Å². The van der Waals surface area contributed by atoms with Crippen molar-refractivity contribution in [2.45, 2.75) is 11.6 Å². The largest absolute Gasteiger partial charge is 0.416 e. The van der Waals surface area contributed by atoms with E-state index in [1.54, 1.807) is 18.2 Å². The molecule has 128 valence electrons. The van der Waals surface area contributed by atoms with E-state index in [-0.39, 0.29) is 11.7 Å². The molecule has 0 bridgehead atoms. The molecule has 0 spiro atoms. The number of nitrogens with zero attached hydrogens (tertiary/aromatic N) is 2. The van der Waals surface area contributed by atoms with E-state index in [2.05, 4.69) is 15.5 Å². The molecule has 1 heterocycles. The number of benzene rings is 2. The molecule has 2 aromatic carbocycles. The first-order valence-electron chi connectivity index (χ1n) is 7.34. The van der Waals surface area contributed by atoms with Gasteiger partial charge in [-0.1, -0.05) is 65.3 Å². The van der Waals surface area contributed by atoms with Crippen molar-refractivity contribution >= 4 is 46.6 Å². The van der Waals surface area contributed by atoms with Gasteiger partial charge in [-0.3, -0.25) is 4.79 Å². The summed E-state index contributed by atoms with van der Waals surface area (Å²) in [6.07, 6.45) is 0.557. The molecule has 3 rings (SSSR count). The van der Waals surface area contributed by atoms with Crippen molar-refractivity contribution in [1.82, 2.24) is 10.2 Å². The molecule has 0 aliphatic carbocycles. The zero-order valence-corrected chi connectivity index (χ0v) is 15.2. The van der Waals surface area contributed by atoms with Crippen molar-refractivity contribution < 1.29 is 9.21 Å². The van der Waals surface area contributed by atoms with Crippen LogP contribution in [0.25, 0.3) is 0 Å². The number of hydrogen-bond acceptors (Lipinski definition) is 5. The minimum absolute atomic E-state index is 0.131. The van der Waals surface area contributed by atoms with Gasteiger partial charge < -0.3 is 9.73 Å². The van der Waals surface area contributed by atoms with E-state index in [9.17, 15) is 4.79 Å². The number of aromatic nitrogens is 2. The van der Waals surface area contributed by atoms with Crippen LogP contribution >= 0.6 is 35.0 Å². The molecule has 0 saturated heterocycles. The summed E-state index contributed by atoms with van der Waals surface area (Å²) < 4.78 is 5.54. The number of carbonyl (C=O) groups is 1. The first kappa shape index (κ1) is 17.8. The summed E-state index contributed by atoms with van der Waals surface area (Å²) in [5.74, 6) is 0.415. The minimum atomic E-state index is -0.225. The predicted molar refractivity (Wildman–Crippen MR) is 99.4 cm³/mol. The topological polar surface area (TPSA) is 68.0 Å².